The zero-order chi connectivity index (χ0) is 9.90. The summed E-state index contributed by atoms with van der Waals surface area (Å²) in [5.41, 5.74) is 0.971. The summed E-state index contributed by atoms with van der Waals surface area (Å²) in [5.74, 6) is 0. The van der Waals surface area contributed by atoms with Gasteiger partial charge in [-0.1, -0.05) is 32.9 Å². The van der Waals surface area contributed by atoms with Crippen molar-refractivity contribution in [3.63, 3.8) is 0 Å². The lowest BCUT2D eigenvalue weighted by atomic mass is 10.2. The van der Waals surface area contributed by atoms with Crippen LogP contribution in [0.1, 0.15) is 26.3 Å². The summed E-state index contributed by atoms with van der Waals surface area (Å²) >= 11 is 1.84. The molecule has 0 aromatic heterocycles. The average molecular weight is 196 g/mol. The Kier molecular flexibility index (Phi) is 3.40. The van der Waals surface area contributed by atoms with Crippen LogP contribution in [0.4, 0.5) is 0 Å². The minimum Gasteiger partial charge on any atom is -0.392 e. The van der Waals surface area contributed by atoms with Crippen LogP contribution < -0.4 is 0 Å². The fraction of sp³-hybridized carbons (Fsp3) is 0.455. The van der Waals surface area contributed by atoms with Crippen LogP contribution in [0.3, 0.4) is 0 Å². The molecule has 1 N–H and O–H groups in total. The Morgan fingerprint density at radius 1 is 1.15 bits per heavy atom. The van der Waals surface area contributed by atoms with E-state index >= 15 is 0 Å². The van der Waals surface area contributed by atoms with Gasteiger partial charge in [0.15, 0.2) is 0 Å². The highest BCUT2D eigenvalue weighted by molar-refractivity contribution is 8.00. The molecule has 0 fully saturated rings. The number of aliphatic hydroxyl groups excluding tert-OH is 1. The van der Waals surface area contributed by atoms with E-state index in [9.17, 15) is 0 Å². The third-order valence-corrected chi connectivity index (χ3v) is 2.65. The van der Waals surface area contributed by atoms with E-state index in [1.165, 1.54) is 4.90 Å². The van der Waals surface area contributed by atoms with Gasteiger partial charge in [-0.25, -0.2) is 0 Å². The Labute approximate surface area is 84.2 Å². The standard InChI is InChI=1S/C11H16OS/c1-11(2,3)13-10-6-4-9(8-12)5-7-10/h4-7,12H,8H2,1-3H3. The van der Waals surface area contributed by atoms with Gasteiger partial charge in [-0.05, 0) is 17.7 Å². The predicted molar refractivity (Wildman–Crippen MR) is 58.0 cm³/mol. The number of hydrogen-bond acceptors (Lipinski definition) is 2. The van der Waals surface area contributed by atoms with Gasteiger partial charge in [0.2, 0.25) is 0 Å². The third kappa shape index (κ3) is 3.83. The summed E-state index contributed by atoms with van der Waals surface area (Å²) in [7, 11) is 0. The second kappa shape index (κ2) is 4.16. The maximum atomic E-state index is 8.85. The van der Waals surface area contributed by atoms with Crippen molar-refractivity contribution in [2.45, 2.75) is 37.0 Å². The molecule has 1 aromatic rings. The smallest absolute Gasteiger partial charge is 0.0681 e. The molecule has 0 radical (unpaired) electrons. The quantitative estimate of drug-likeness (QED) is 0.734. The van der Waals surface area contributed by atoms with Crippen molar-refractivity contribution in [1.29, 1.82) is 0 Å². The second-order valence-corrected chi connectivity index (χ2v) is 5.92. The molecule has 2 heteroatoms. The van der Waals surface area contributed by atoms with Crippen molar-refractivity contribution in [3.8, 4) is 0 Å². The van der Waals surface area contributed by atoms with E-state index < -0.39 is 0 Å². The molecule has 0 aliphatic heterocycles. The molecule has 0 aliphatic carbocycles. The Morgan fingerprint density at radius 2 is 1.69 bits per heavy atom. The summed E-state index contributed by atoms with van der Waals surface area (Å²) in [6.07, 6.45) is 0. The molecule has 0 heterocycles. The van der Waals surface area contributed by atoms with Crippen LogP contribution in [0.5, 0.6) is 0 Å². The fourth-order valence-electron chi connectivity index (χ4n) is 1.02. The maximum absolute atomic E-state index is 8.85. The van der Waals surface area contributed by atoms with E-state index in [-0.39, 0.29) is 11.4 Å². The molecule has 0 bridgehead atoms. The monoisotopic (exact) mass is 196 g/mol. The first-order chi connectivity index (χ1) is 6.01. The van der Waals surface area contributed by atoms with Gasteiger partial charge in [0.25, 0.3) is 0 Å². The van der Waals surface area contributed by atoms with E-state index in [1.807, 2.05) is 23.9 Å². The molecule has 1 aromatic carbocycles. The van der Waals surface area contributed by atoms with Crippen LogP contribution in [0.2, 0.25) is 0 Å². The lowest BCUT2D eigenvalue weighted by molar-refractivity contribution is 0.282. The van der Waals surface area contributed by atoms with Crippen molar-refractivity contribution in [2.24, 2.45) is 0 Å². The SMILES string of the molecule is CC(C)(C)Sc1ccc(CO)cc1. The third-order valence-electron chi connectivity index (χ3n) is 1.53. The normalized spacial score (nSPS) is 11.7. The first kappa shape index (κ1) is 10.6. The number of hydrogen-bond donors (Lipinski definition) is 1. The van der Waals surface area contributed by atoms with Crippen LogP contribution in [0.25, 0.3) is 0 Å². The molecule has 72 valence electrons. The Morgan fingerprint density at radius 3 is 2.08 bits per heavy atom. The summed E-state index contributed by atoms with van der Waals surface area (Å²) < 4.78 is 0.251. The molecule has 0 aliphatic rings. The van der Waals surface area contributed by atoms with Gasteiger partial charge in [-0.3, -0.25) is 0 Å². The minimum absolute atomic E-state index is 0.125. The molecule has 1 nitrogen and oxygen atoms in total. The Balaban J connectivity index is 2.70. The van der Waals surface area contributed by atoms with Crippen molar-refractivity contribution in [2.75, 3.05) is 0 Å². The van der Waals surface area contributed by atoms with Gasteiger partial charge >= 0.3 is 0 Å². The van der Waals surface area contributed by atoms with Crippen molar-refractivity contribution in [1.82, 2.24) is 0 Å². The Bertz CT molecular complexity index is 258. The molecular formula is C11H16OS. The van der Waals surface area contributed by atoms with Gasteiger partial charge in [-0.2, -0.15) is 0 Å². The van der Waals surface area contributed by atoms with Gasteiger partial charge in [0.05, 0.1) is 6.61 Å². The first-order valence-corrected chi connectivity index (χ1v) is 5.22. The summed E-state index contributed by atoms with van der Waals surface area (Å²) in [6.45, 7) is 6.70. The van der Waals surface area contributed by atoms with E-state index in [4.69, 9.17) is 5.11 Å². The van der Waals surface area contributed by atoms with Crippen LogP contribution in [0.15, 0.2) is 29.2 Å². The Hall–Kier alpha value is -0.470. The fourth-order valence-corrected chi connectivity index (χ4v) is 2.00. The van der Waals surface area contributed by atoms with Crippen LogP contribution in [0, 0.1) is 0 Å². The number of thioether (sulfide) groups is 1. The summed E-state index contributed by atoms with van der Waals surface area (Å²) in [4.78, 5) is 1.25. The van der Waals surface area contributed by atoms with E-state index in [0.717, 1.165) is 5.56 Å². The number of benzene rings is 1. The van der Waals surface area contributed by atoms with Gasteiger partial charge < -0.3 is 5.11 Å². The second-order valence-electron chi connectivity index (χ2n) is 4.02. The van der Waals surface area contributed by atoms with E-state index in [2.05, 4.69) is 32.9 Å². The first-order valence-electron chi connectivity index (χ1n) is 4.40. The molecule has 0 saturated heterocycles. The lowest BCUT2D eigenvalue weighted by Gasteiger charge is -2.17. The van der Waals surface area contributed by atoms with Crippen molar-refractivity contribution in [3.05, 3.63) is 29.8 Å². The highest BCUT2D eigenvalue weighted by Crippen LogP contribution is 2.31. The molecule has 0 amide bonds. The van der Waals surface area contributed by atoms with Gasteiger partial charge in [0, 0.05) is 9.64 Å². The van der Waals surface area contributed by atoms with Crippen LogP contribution in [-0.4, -0.2) is 9.85 Å². The molecule has 1 rings (SSSR count). The topological polar surface area (TPSA) is 20.2 Å². The minimum atomic E-state index is 0.125. The van der Waals surface area contributed by atoms with E-state index in [1.54, 1.807) is 0 Å². The highest BCUT2D eigenvalue weighted by atomic mass is 32.2. The van der Waals surface area contributed by atoms with Crippen molar-refractivity contribution < 1.29 is 5.11 Å². The number of aliphatic hydroxyl groups is 1. The van der Waals surface area contributed by atoms with Crippen LogP contribution in [-0.2, 0) is 6.61 Å². The zero-order valence-electron chi connectivity index (χ0n) is 8.37. The van der Waals surface area contributed by atoms with Gasteiger partial charge in [0.1, 0.15) is 0 Å². The predicted octanol–water partition coefficient (Wildman–Crippen LogP) is 3.07. The van der Waals surface area contributed by atoms with Gasteiger partial charge in [-0.15, -0.1) is 11.8 Å². The molecule has 13 heavy (non-hydrogen) atoms. The summed E-state index contributed by atoms with van der Waals surface area (Å²) in [5, 5.41) is 8.85. The number of rotatable bonds is 2. The molecule has 0 unspecified atom stereocenters. The zero-order valence-corrected chi connectivity index (χ0v) is 9.19. The average Bonchev–Trinajstić information content (AvgIpc) is 2.03. The molecule has 0 spiro atoms. The maximum Gasteiger partial charge on any atom is 0.0681 e. The van der Waals surface area contributed by atoms with E-state index in [0.29, 0.717) is 0 Å². The van der Waals surface area contributed by atoms with Crippen LogP contribution >= 0.6 is 11.8 Å². The largest absolute Gasteiger partial charge is 0.392 e. The highest BCUT2D eigenvalue weighted by Gasteiger charge is 2.11. The van der Waals surface area contributed by atoms with Crippen molar-refractivity contribution >= 4 is 11.8 Å². The molecule has 0 atom stereocenters. The lowest BCUT2D eigenvalue weighted by Crippen LogP contribution is -2.06. The molecular weight excluding hydrogens is 180 g/mol. The summed E-state index contributed by atoms with van der Waals surface area (Å²) in [6, 6.07) is 8.05. The molecule has 0 saturated carbocycles.